The molecular formula is C11H23N3O. The standard InChI is InChI=1S/C11H23N3O/c1-13-5-9-7-14(3-4-15-2)8-10(6-13)11(9)12/h9-11H,3-8,12H2,1-2H3. The Morgan fingerprint density at radius 1 is 1.20 bits per heavy atom. The number of hydrogen-bond acceptors (Lipinski definition) is 4. The van der Waals surface area contributed by atoms with Gasteiger partial charge in [-0.3, -0.25) is 0 Å². The van der Waals surface area contributed by atoms with E-state index in [4.69, 9.17) is 10.5 Å². The Labute approximate surface area is 92.4 Å². The van der Waals surface area contributed by atoms with Gasteiger partial charge in [0.15, 0.2) is 0 Å². The van der Waals surface area contributed by atoms with Gasteiger partial charge in [0.1, 0.15) is 0 Å². The Morgan fingerprint density at radius 2 is 1.80 bits per heavy atom. The number of rotatable bonds is 3. The van der Waals surface area contributed by atoms with E-state index in [0.717, 1.165) is 39.3 Å². The Morgan fingerprint density at radius 3 is 2.33 bits per heavy atom. The molecule has 0 spiro atoms. The zero-order valence-corrected chi connectivity index (χ0v) is 9.85. The van der Waals surface area contributed by atoms with Crippen LogP contribution in [0, 0.1) is 11.8 Å². The molecule has 2 bridgehead atoms. The summed E-state index contributed by atoms with van der Waals surface area (Å²) in [5, 5.41) is 0. The van der Waals surface area contributed by atoms with Gasteiger partial charge in [-0.25, -0.2) is 0 Å². The van der Waals surface area contributed by atoms with Crippen LogP contribution in [0.25, 0.3) is 0 Å². The maximum Gasteiger partial charge on any atom is 0.0589 e. The molecular weight excluding hydrogens is 190 g/mol. The van der Waals surface area contributed by atoms with Crippen molar-refractivity contribution >= 4 is 0 Å². The van der Waals surface area contributed by atoms with Crippen molar-refractivity contribution < 1.29 is 4.74 Å². The van der Waals surface area contributed by atoms with Crippen LogP contribution in [0.3, 0.4) is 0 Å². The van der Waals surface area contributed by atoms with E-state index >= 15 is 0 Å². The second-order valence-electron chi connectivity index (χ2n) is 5.07. The van der Waals surface area contributed by atoms with E-state index in [0.29, 0.717) is 17.9 Å². The zero-order valence-electron chi connectivity index (χ0n) is 9.85. The highest BCUT2D eigenvalue weighted by molar-refractivity contribution is 4.95. The lowest BCUT2D eigenvalue weighted by molar-refractivity contribution is 0.0135. The number of likely N-dealkylation sites (tertiary alicyclic amines) is 2. The van der Waals surface area contributed by atoms with Gasteiger partial charge in [-0.15, -0.1) is 0 Å². The van der Waals surface area contributed by atoms with Gasteiger partial charge in [0, 0.05) is 45.9 Å². The maximum absolute atomic E-state index is 6.25. The molecule has 0 radical (unpaired) electrons. The predicted octanol–water partition coefficient (Wildman–Crippen LogP) is -0.546. The minimum atomic E-state index is 0.417. The third kappa shape index (κ3) is 2.50. The van der Waals surface area contributed by atoms with Gasteiger partial charge >= 0.3 is 0 Å². The normalized spacial score (nSPS) is 38.2. The van der Waals surface area contributed by atoms with Crippen molar-refractivity contribution in [3.8, 4) is 0 Å². The second-order valence-corrected chi connectivity index (χ2v) is 5.07. The number of nitrogens with two attached hydrogens (primary N) is 1. The largest absolute Gasteiger partial charge is 0.383 e. The van der Waals surface area contributed by atoms with Crippen molar-refractivity contribution in [2.75, 3.05) is 53.5 Å². The summed E-state index contributed by atoms with van der Waals surface area (Å²) < 4.78 is 5.13. The van der Waals surface area contributed by atoms with Gasteiger partial charge in [0.2, 0.25) is 0 Å². The second kappa shape index (κ2) is 4.78. The molecule has 4 nitrogen and oxygen atoms in total. The molecule has 2 N–H and O–H groups in total. The Balaban J connectivity index is 1.91. The van der Waals surface area contributed by atoms with Crippen LogP contribution in [-0.4, -0.2) is 69.3 Å². The first-order chi connectivity index (χ1) is 7.20. The van der Waals surface area contributed by atoms with Crippen molar-refractivity contribution in [1.82, 2.24) is 9.80 Å². The first-order valence-corrected chi connectivity index (χ1v) is 5.86. The summed E-state index contributed by atoms with van der Waals surface area (Å²) in [7, 11) is 3.97. The molecule has 0 aliphatic carbocycles. The van der Waals surface area contributed by atoms with Crippen LogP contribution in [0.4, 0.5) is 0 Å². The number of hydrogen-bond donors (Lipinski definition) is 1. The number of nitrogens with zero attached hydrogens (tertiary/aromatic N) is 2. The average molecular weight is 213 g/mol. The zero-order chi connectivity index (χ0) is 10.8. The van der Waals surface area contributed by atoms with Crippen LogP contribution in [0.5, 0.6) is 0 Å². The molecule has 0 saturated carbocycles. The summed E-state index contributed by atoms with van der Waals surface area (Å²) in [4.78, 5) is 4.93. The summed E-state index contributed by atoms with van der Waals surface area (Å²) in [6.07, 6.45) is 0. The van der Waals surface area contributed by atoms with Gasteiger partial charge in [0.05, 0.1) is 6.61 Å². The summed E-state index contributed by atoms with van der Waals surface area (Å²) >= 11 is 0. The lowest BCUT2D eigenvalue weighted by Crippen LogP contribution is -2.62. The predicted molar refractivity (Wildman–Crippen MR) is 60.8 cm³/mol. The maximum atomic E-state index is 6.25. The monoisotopic (exact) mass is 213 g/mol. The van der Waals surface area contributed by atoms with Gasteiger partial charge in [-0.1, -0.05) is 0 Å². The Kier molecular flexibility index (Phi) is 3.61. The SMILES string of the molecule is COCCN1CC2CN(C)CC(C1)C2N. The Bertz CT molecular complexity index is 196. The van der Waals surface area contributed by atoms with E-state index in [1.54, 1.807) is 7.11 Å². The molecule has 2 rings (SSSR count). The minimum absolute atomic E-state index is 0.417. The van der Waals surface area contributed by atoms with Crippen LogP contribution in [0.15, 0.2) is 0 Å². The van der Waals surface area contributed by atoms with Gasteiger partial charge in [-0.2, -0.15) is 0 Å². The van der Waals surface area contributed by atoms with E-state index in [2.05, 4.69) is 16.8 Å². The Hall–Kier alpha value is -0.160. The number of ether oxygens (including phenoxy) is 1. The molecule has 2 aliphatic rings. The molecule has 2 atom stereocenters. The van der Waals surface area contributed by atoms with Crippen LogP contribution in [0.2, 0.25) is 0 Å². The highest BCUT2D eigenvalue weighted by Gasteiger charge is 2.38. The molecule has 88 valence electrons. The minimum Gasteiger partial charge on any atom is -0.383 e. The molecule has 0 aromatic carbocycles. The van der Waals surface area contributed by atoms with E-state index in [1.807, 2.05) is 0 Å². The molecule has 15 heavy (non-hydrogen) atoms. The molecule has 2 aliphatic heterocycles. The molecule has 0 aromatic heterocycles. The first kappa shape index (κ1) is 11.3. The van der Waals surface area contributed by atoms with E-state index in [9.17, 15) is 0 Å². The fraction of sp³-hybridized carbons (Fsp3) is 1.00. The number of piperidine rings is 2. The molecule has 2 unspecified atom stereocenters. The van der Waals surface area contributed by atoms with Gasteiger partial charge < -0.3 is 20.3 Å². The smallest absolute Gasteiger partial charge is 0.0589 e. The topological polar surface area (TPSA) is 41.7 Å². The van der Waals surface area contributed by atoms with E-state index < -0.39 is 0 Å². The molecule has 2 saturated heterocycles. The van der Waals surface area contributed by atoms with Crippen molar-refractivity contribution in [3.63, 3.8) is 0 Å². The average Bonchev–Trinajstić information content (AvgIpc) is 2.18. The lowest BCUT2D eigenvalue weighted by Gasteiger charge is -2.48. The molecule has 4 heteroatoms. The molecule has 2 heterocycles. The highest BCUT2D eigenvalue weighted by Crippen LogP contribution is 2.26. The summed E-state index contributed by atoms with van der Waals surface area (Å²) in [5.74, 6) is 1.30. The van der Waals surface area contributed by atoms with Gasteiger partial charge in [-0.05, 0) is 18.9 Å². The summed E-state index contributed by atoms with van der Waals surface area (Å²) in [6.45, 7) is 6.49. The van der Waals surface area contributed by atoms with Crippen LogP contribution >= 0.6 is 0 Å². The third-order valence-electron chi connectivity index (χ3n) is 3.78. The van der Waals surface area contributed by atoms with Crippen molar-refractivity contribution in [2.45, 2.75) is 6.04 Å². The molecule has 0 aromatic rings. The van der Waals surface area contributed by atoms with Crippen molar-refractivity contribution in [3.05, 3.63) is 0 Å². The van der Waals surface area contributed by atoms with Crippen molar-refractivity contribution in [2.24, 2.45) is 17.6 Å². The number of fused-ring (bicyclic) bond motifs is 2. The fourth-order valence-electron chi connectivity index (χ4n) is 3.00. The van der Waals surface area contributed by atoms with E-state index in [1.165, 1.54) is 0 Å². The number of methoxy groups -OCH3 is 1. The quantitative estimate of drug-likeness (QED) is 0.683. The highest BCUT2D eigenvalue weighted by atomic mass is 16.5. The molecule has 0 amide bonds. The summed E-state index contributed by atoms with van der Waals surface area (Å²) in [5.41, 5.74) is 6.25. The lowest BCUT2D eigenvalue weighted by atomic mass is 9.80. The third-order valence-corrected chi connectivity index (χ3v) is 3.78. The van der Waals surface area contributed by atoms with Crippen LogP contribution in [0.1, 0.15) is 0 Å². The molecule has 2 fully saturated rings. The fourth-order valence-corrected chi connectivity index (χ4v) is 3.00. The summed E-state index contributed by atoms with van der Waals surface area (Å²) in [6, 6.07) is 0.417. The first-order valence-electron chi connectivity index (χ1n) is 5.86. The van der Waals surface area contributed by atoms with Crippen LogP contribution < -0.4 is 5.73 Å². The van der Waals surface area contributed by atoms with Crippen molar-refractivity contribution in [1.29, 1.82) is 0 Å². The van der Waals surface area contributed by atoms with E-state index in [-0.39, 0.29) is 0 Å². The van der Waals surface area contributed by atoms with Gasteiger partial charge in [0.25, 0.3) is 0 Å². The van der Waals surface area contributed by atoms with Crippen LogP contribution in [-0.2, 0) is 4.74 Å².